The molecule has 0 aliphatic carbocycles. The summed E-state index contributed by atoms with van der Waals surface area (Å²) in [5.74, 6) is 0.940. The Bertz CT molecular complexity index is 1000. The summed E-state index contributed by atoms with van der Waals surface area (Å²) in [4.78, 5) is 22.9. The fraction of sp³-hybridized carbons (Fsp3) is 0.227. The van der Waals surface area contributed by atoms with E-state index in [0.717, 1.165) is 30.2 Å². The summed E-state index contributed by atoms with van der Waals surface area (Å²) in [6.07, 6.45) is 0. The van der Waals surface area contributed by atoms with Gasteiger partial charge >= 0.3 is 0 Å². The van der Waals surface area contributed by atoms with Gasteiger partial charge in [0, 0.05) is 36.0 Å². The van der Waals surface area contributed by atoms with Gasteiger partial charge in [-0.3, -0.25) is 4.79 Å². The number of hydrogen-bond donors (Lipinski definition) is 1. The van der Waals surface area contributed by atoms with Gasteiger partial charge in [0.05, 0.1) is 18.9 Å². The first-order valence-corrected chi connectivity index (χ1v) is 9.44. The van der Waals surface area contributed by atoms with E-state index in [1.165, 1.54) is 19.1 Å². The molecule has 0 bridgehead atoms. The quantitative estimate of drug-likeness (QED) is 0.661. The van der Waals surface area contributed by atoms with Gasteiger partial charge in [-0.15, -0.1) is 0 Å². The van der Waals surface area contributed by atoms with E-state index in [9.17, 15) is 9.18 Å². The summed E-state index contributed by atoms with van der Waals surface area (Å²) in [6, 6.07) is 15.3. The van der Waals surface area contributed by atoms with Crippen molar-refractivity contribution in [2.24, 2.45) is 0 Å². The zero-order chi connectivity index (χ0) is 20.2. The topological polar surface area (TPSA) is 67.4 Å². The highest BCUT2D eigenvalue weighted by Gasteiger charge is 2.16. The van der Waals surface area contributed by atoms with Crippen molar-refractivity contribution in [2.75, 3.05) is 36.5 Å². The van der Waals surface area contributed by atoms with Crippen LogP contribution in [0.4, 0.5) is 21.8 Å². The lowest BCUT2D eigenvalue weighted by atomic mass is 10.1. The molecular weight excluding hydrogens is 371 g/mol. The number of benzene rings is 2. The monoisotopic (exact) mass is 392 g/mol. The van der Waals surface area contributed by atoms with Gasteiger partial charge in [0.15, 0.2) is 5.78 Å². The first kappa shape index (κ1) is 19.0. The fourth-order valence-corrected chi connectivity index (χ4v) is 3.13. The van der Waals surface area contributed by atoms with Gasteiger partial charge in [-0.1, -0.05) is 0 Å². The third-order valence-corrected chi connectivity index (χ3v) is 4.74. The summed E-state index contributed by atoms with van der Waals surface area (Å²) in [7, 11) is 0. The molecule has 3 aromatic rings. The Morgan fingerprint density at radius 1 is 1.03 bits per heavy atom. The van der Waals surface area contributed by atoms with Crippen molar-refractivity contribution in [3.8, 4) is 11.3 Å². The molecule has 7 heteroatoms. The minimum Gasteiger partial charge on any atom is -0.378 e. The normalized spacial score (nSPS) is 13.9. The van der Waals surface area contributed by atoms with Gasteiger partial charge in [0.25, 0.3) is 0 Å². The number of Topliss-reactive ketones (excluding diaryl/α,β-unsaturated/α-hetero) is 1. The Hall–Kier alpha value is -3.32. The van der Waals surface area contributed by atoms with E-state index < -0.39 is 0 Å². The number of anilines is 3. The van der Waals surface area contributed by atoms with E-state index in [-0.39, 0.29) is 11.6 Å². The van der Waals surface area contributed by atoms with Gasteiger partial charge in [0.2, 0.25) is 5.95 Å². The maximum Gasteiger partial charge on any atom is 0.229 e. The van der Waals surface area contributed by atoms with Crippen LogP contribution in [0.15, 0.2) is 54.6 Å². The summed E-state index contributed by atoms with van der Waals surface area (Å²) < 4.78 is 18.8. The Balaban J connectivity index is 1.68. The zero-order valence-corrected chi connectivity index (χ0v) is 16.1. The van der Waals surface area contributed by atoms with E-state index >= 15 is 0 Å². The van der Waals surface area contributed by atoms with Crippen molar-refractivity contribution < 1.29 is 13.9 Å². The van der Waals surface area contributed by atoms with Crippen LogP contribution in [-0.4, -0.2) is 42.1 Å². The van der Waals surface area contributed by atoms with Crippen molar-refractivity contribution in [1.82, 2.24) is 9.97 Å². The second-order valence-corrected chi connectivity index (χ2v) is 6.80. The first-order valence-electron chi connectivity index (χ1n) is 9.44. The molecule has 1 aromatic heterocycles. The van der Waals surface area contributed by atoms with Crippen LogP contribution < -0.4 is 10.2 Å². The third-order valence-electron chi connectivity index (χ3n) is 4.74. The summed E-state index contributed by atoms with van der Waals surface area (Å²) in [5.41, 5.74) is 2.92. The van der Waals surface area contributed by atoms with E-state index in [2.05, 4.69) is 20.2 Å². The summed E-state index contributed by atoms with van der Waals surface area (Å²) in [5, 5.41) is 3.21. The van der Waals surface area contributed by atoms with Crippen molar-refractivity contribution in [3.05, 3.63) is 66.0 Å². The minimum absolute atomic E-state index is 0.0145. The summed E-state index contributed by atoms with van der Waals surface area (Å²) >= 11 is 0. The molecule has 1 aliphatic heterocycles. The van der Waals surface area contributed by atoms with Crippen LogP contribution in [0.5, 0.6) is 0 Å². The predicted molar refractivity (Wildman–Crippen MR) is 110 cm³/mol. The Morgan fingerprint density at radius 3 is 2.38 bits per heavy atom. The number of ketones is 1. The highest BCUT2D eigenvalue weighted by atomic mass is 19.1. The van der Waals surface area contributed by atoms with Gasteiger partial charge < -0.3 is 15.0 Å². The van der Waals surface area contributed by atoms with Crippen molar-refractivity contribution in [2.45, 2.75) is 6.92 Å². The SMILES string of the molecule is CC(=O)c1ccc(Nc2nc(-c3ccc(F)cc3)cc(N3CCOCC3)n2)cc1. The largest absolute Gasteiger partial charge is 0.378 e. The average molecular weight is 392 g/mol. The van der Waals surface area contributed by atoms with E-state index in [1.807, 2.05) is 18.2 Å². The molecule has 1 N–H and O–H groups in total. The third kappa shape index (κ3) is 4.57. The van der Waals surface area contributed by atoms with E-state index in [4.69, 9.17) is 4.74 Å². The maximum atomic E-state index is 13.3. The minimum atomic E-state index is -0.292. The van der Waals surface area contributed by atoms with Crippen LogP contribution >= 0.6 is 0 Å². The number of morpholine rings is 1. The van der Waals surface area contributed by atoms with Crippen LogP contribution in [0, 0.1) is 5.82 Å². The molecule has 148 valence electrons. The van der Waals surface area contributed by atoms with Crippen molar-refractivity contribution in [1.29, 1.82) is 0 Å². The number of nitrogens with one attached hydrogen (secondary N) is 1. The molecule has 4 rings (SSSR count). The standard InChI is InChI=1S/C22H21FN4O2/c1-15(28)16-4-8-19(9-5-16)24-22-25-20(17-2-6-18(23)7-3-17)14-21(26-22)27-10-12-29-13-11-27/h2-9,14H,10-13H2,1H3,(H,24,25,26). The van der Waals surface area contributed by atoms with Crippen LogP contribution in [0.2, 0.25) is 0 Å². The number of aromatic nitrogens is 2. The first-order chi connectivity index (χ1) is 14.1. The van der Waals surface area contributed by atoms with Crippen molar-refractivity contribution in [3.63, 3.8) is 0 Å². The number of carbonyl (C=O) groups is 1. The molecule has 29 heavy (non-hydrogen) atoms. The number of carbonyl (C=O) groups excluding carboxylic acids is 1. The molecule has 2 aromatic carbocycles. The smallest absolute Gasteiger partial charge is 0.229 e. The molecule has 6 nitrogen and oxygen atoms in total. The Kier molecular flexibility index (Phi) is 5.48. The number of halogens is 1. The molecule has 0 amide bonds. The second kappa shape index (κ2) is 8.36. The number of ether oxygens (including phenoxy) is 1. The van der Waals surface area contributed by atoms with Crippen LogP contribution in [0.1, 0.15) is 17.3 Å². The molecule has 0 atom stereocenters. The lowest BCUT2D eigenvalue weighted by Gasteiger charge is -2.28. The molecule has 1 saturated heterocycles. The van der Waals surface area contributed by atoms with Crippen LogP contribution in [0.25, 0.3) is 11.3 Å². The van der Waals surface area contributed by atoms with E-state index in [0.29, 0.717) is 30.4 Å². The highest BCUT2D eigenvalue weighted by Crippen LogP contribution is 2.26. The predicted octanol–water partition coefficient (Wildman–Crippen LogP) is 4.07. The average Bonchev–Trinajstić information content (AvgIpc) is 2.75. The van der Waals surface area contributed by atoms with Gasteiger partial charge in [-0.2, -0.15) is 4.98 Å². The van der Waals surface area contributed by atoms with Gasteiger partial charge in [-0.25, -0.2) is 9.37 Å². The van der Waals surface area contributed by atoms with Gasteiger partial charge in [-0.05, 0) is 55.5 Å². The Morgan fingerprint density at radius 2 is 1.72 bits per heavy atom. The fourth-order valence-electron chi connectivity index (χ4n) is 3.13. The molecular formula is C22H21FN4O2. The lowest BCUT2D eigenvalue weighted by molar-refractivity contribution is 0.101. The highest BCUT2D eigenvalue weighted by molar-refractivity contribution is 5.94. The van der Waals surface area contributed by atoms with E-state index in [1.54, 1.807) is 24.3 Å². The molecule has 0 radical (unpaired) electrons. The number of hydrogen-bond acceptors (Lipinski definition) is 6. The molecule has 1 fully saturated rings. The zero-order valence-electron chi connectivity index (χ0n) is 16.1. The molecule has 2 heterocycles. The van der Waals surface area contributed by atoms with Gasteiger partial charge in [0.1, 0.15) is 11.6 Å². The Labute approximate surface area is 168 Å². The molecule has 1 aliphatic rings. The number of rotatable bonds is 5. The maximum absolute atomic E-state index is 13.3. The second-order valence-electron chi connectivity index (χ2n) is 6.80. The molecule has 0 spiro atoms. The lowest BCUT2D eigenvalue weighted by Crippen LogP contribution is -2.36. The number of nitrogens with zero attached hydrogens (tertiary/aromatic N) is 3. The van der Waals surface area contributed by atoms with Crippen molar-refractivity contribution >= 4 is 23.2 Å². The van der Waals surface area contributed by atoms with Crippen LogP contribution in [-0.2, 0) is 4.74 Å². The molecule has 0 unspecified atom stereocenters. The van der Waals surface area contributed by atoms with Crippen LogP contribution in [0.3, 0.4) is 0 Å². The molecule has 0 saturated carbocycles. The summed E-state index contributed by atoms with van der Waals surface area (Å²) in [6.45, 7) is 4.31.